The summed E-state index contributed by atoms with van der Waals surface area (Å²) < 4.78 is 17.3. The fraction of sp³-hybridized carbons (Fsp3) is 0. The summed E-state index contributed by atoms with van der Waals surface area (Å²) in [7, 11) is -3.02. The van der Waals surface area contributed by atoms with Crippen molar-refractivity contribution in [1.82, 2.24) is 9.97 Å². The first-order valence-corrected chi connectivity index (χ1v) is 18.1. The van der Waals surface area contributed by atoms with Gasteiger partial charge in [-0.2, -0.15) is 0 Å². The molecule has 0 aliphatic carbocycles. The number of nitrogens with zero attached hydrogens (tertiary/aromatic N) is 2. The average Bonchev–Trinajstić information content (AvgIpc) is 3.52. The van der Waals surface area contributed by atoms with Gasteiger partial charge in [0.1, 0.15) is 0 Å². The summed E-state index contributed by atoms with van der Waals surface area (Å²) in [6, 6.07) is 51.8. The number of fused-ring (bicyclic) bond motifs is 6. The number of hydrogen-bond donors (Lipinski definition) is 0. The van der Waals surface area contributed by atoms with Gasteiger partial charge in [-0.3, -0.25) is 9.97 Å². The molecule has 3 nitrogen and oxygen atoms in total. The summed E-state index contributed by atoms with van der Waals surface area (Å²) in [5.74, 6) is 0. The van der Waals surface area contributed by atoms with Gasteiger partial charge in [0.2, 0.25) is 0 Å². The highest BCUT2D eigenvalue weighted by Gasteiger charge is 2.29. The third-order valence-electron chi connectivity index (χ3n) is 9.03. The molecule has 0 fully saturated rings. The second kappa shape index (κ2) is 11.1. The van der Waals surface area contributed by atoms with E-state index in [0.717, 1.165) is 60.0 Å². The predicted molar refractivity (Wildman–Crippen MR) is 200 cm³/mol. The Balaban J connectivity index is 1.10. The minimum Gasteiger partial charge on any atom is -0.309 e. The van der Waals surface area contributed by atoms with E-state index in [0.29, 0.717) is 0 Å². The third-order valence-corrected chi connectivity index (χ3v) is 13.3. The van der Waals surface area contributed by atoms with Crippen LogP contribution in [-0.4, -0.2) is 9.97 Å². The molecule has 0 atom stereocenters. The second-order valence-corrected chi connectivity index (χ2v) is 15.6. The van der Waals surface area contributed by atoms with Gasteiger partial charge in [0.05, 0.1) is 11.0 Å². The van der Waals surface area contributed by atoms with E-state index in [4.69, 9.17) is 4.98 Å². The number of hydrogen-bond acceptors (Lipinski definition) is 4. The van der Waals surface area contributed by atoms with Crippen molar-refractivity contribution in [1.29, 1.82) is 0 Å². The molecule has 0 saturated carbocycles. The van der Waals surface area contributed by atoms with E-state index in [1.165, 1.54) is 20.2 Å². The number of benzene rings is 6. The standard InChI is InChI=1S/C42H27N2OPS/c45-46(34-9-3-1-4-10-34,35-11-5-2-6-12-35)36-19-15-28(16-20-36)30-17-21-39-37(25-30)38-26-31(18-22-40(38)47-39)33-24-32-14-13-29-8-7-23-43-41(29)42(32)44-27-33/h1-27H. The van der Waals surface area contributed by atoms with E-state index in [9.17, 15) is 4.57 Å². The van der Waals surface area contributed by atoms with E-state index >= 15 is 0 Å². The molecule has 9 rings (SSSR count). The van der Waals surface area contributed by atoms with Crippen LogP contribution in [0.15, 0.2) is 164 Å². The van der Waals surface area contributed by atoms with Crippen LogP contribution in [0.1, 0.15) is 0 Å². The first-order chi connectivity index (χ1) is 23.1. The van der Waals surface area contributed by atoms with Gasteiger partial charge in [0, 0.05) is 64.8 Å². The molecule has 0 amide bonds. The van der Waals surface area contributed by atoms with Crippen molar-refractivity contribution in [3.63, 3.8) is 0 Å². The number of thiophene rings is 1. The SMILES string of the molecule is O=P(c1ccccc1)(c1ccccc1)c1ccc(-c2ccc3sc4ccc(-c5cnc6c(ccc7cccnc76)c5)cc4c3c2)cc1. The minimum absolute atomic E-state index is 0.832. The molecule has 0 bridgehead atoms. The van der Waals surface area contributed by atoms with Crippen molar-refractivity contribution in [2.24, 2.45) is 0 Å². The normalized spacial score (nSPS) is 11.9. The smallest absolute Gasteiger partial charge is 0.171 e. The van der Waals surface area contributed by atoms with E-state index in [-0.39, 0.29) is 0 Å². The topological polar surface area (TPSA) is 42.9 Å². The molecule has 47 heavy (non-hydrogen) atoms. The molecule has 5 heteroatoms. The maximum absolute atomic E-state index is 14.8. The highest BCUT2D eigenvalue weighted by Crippen LogP contribution is 2.43. The van der Waals surface area contributed by atoms with Crippen LogP contribution in [0, 0.1) is 0 Å². The van der Waals surface area contributed by atoms with Crippen LogP contribution in [0.2, 0.25) is 0 Å². The molecule has 0 aliphatic rings. The van der Waals surface area contributed by atoms with Crippen molar-refractivity contribution < 1.29 is 4.57 Å². The lowest BCUT2D eigenvalue weighted by Crippen LogP contribution is -2.24. The van der Waals surface area contributed by atoms with E-state index < -0.39 is 7.14 Å². The Morgan fingerprint density at radius 2 is 1.00 bits per heavy atom. The summed E-state index contributed by atoms with van der Waals surface area (Å²) in [4.78, 5) is 9.43. The fourth-order valence-corrected chi connectivity index (χ4v) is 10.3. The maximum atomic E-state index is 14.8. The van der Waals surface area contributed by atoms with Gasteiger partial charge in [0.15, 0.2) is 7.14 Å². The summed E-state index contributed by atoms with van der Waals surface area (Å²) in [5, 5.41) is 7.16. The van der Waals surface area contributed by atoms with Gasteiger partial charge in [-0.05, 0) is 53.1 Å². The second-order valence-electron chi connectivity index (χ2n) is 11.8. The van der Waals surface area contributed by atoms with Crippen LogP contribution >= 0.6 is 18.5 Å². The maximum Gasteiger partial charge on any atom is 0.171 e. The molecule has 0 N–H and O–H groups in total. The van der Waals surface area contributed by atoms with Crippen LogP contribution < -0.4 is 15.9 Å². The van der Waals surface area contributed by atoms with Crippen molar-refractivity contribution in [3.05, 3.63) is 164 Å². The zero-order chi connectivity index (χ0) is 31.4. The monoisotopic (exact) mass is 638 g/mol. The van der Waals surface area contributed by atoms with Gasteiger partial charge >= 0.3 is 0 Å². The highest BCUT2D eigenvalue weighted by atomic mass is 32.1. The Hall–Kier alpha value is -5.41. The molecule has 222 valence electrons. The fourth-order valence-electron chi connectivity index (χ4n) is 6.62. The number of pyridine rings is 2. The van der Waals surface area contributed by atoms with E-state index in [1.54, 1.807) is 0 Å². The number of rotatable bonds is 5. The van der Waals surface area contributed by atoms with Gasteiger partial charge in [-0.15, -0.1) is 11.3 Å². The Morgan fingerprint density at radius 3 is 1.66 bits per heavy atom. The lowest BCUT2D eigenvalue weighted by atomic mass is 10.00. The largest absolute Gasteiger partial charge is 0.309 e. The van der Waals surface area contributed by atoms with Crippen molar-refractivity contribution >= 4 is 76.4 Å². The Morgan fingerprint density at radius 1 is 0.447 bits per heavy atom. The average molecular weight is 639 g/mol. The van der Waals surface area contributed by atoms with Gasteiger partial charge < -0.3 is 4.57 Å². The zero-order valence-electron chi connectivity index (χ0n) is 25.2. The van der Waals surface area contributed by atoms with Crippen LogP contribution in [0.25, 0.3) is 64.2 Å². The molecule has 0 unspecified atom stereocenters. The van der Waals surface area contributed by atoms with Gasteiger partial charge in [-0.1, -0.05) is 115 Å². The quantitative estimate of drug-likeness (QED) is 0.139. The van der Waals surface area contributed by atoms with Crippen LogP contribution in [0.3, 0.4) is 0 Å². The first-order valence-electron chi connectivity index (χ1n) is 15.6. The summed E-state index contributed by atoms with van der Waals surface area (Å²) >= 11 is 1.81. The van der Waals surface area contributed by atoms with Gasteiger partial charge in [-0.25, -0.2) is 0 Å². The van der Waals surface area contributed by atoms with Crippen molar-refractivity contribution in [3.8, 4) is 22.3 Å². The molecular weight excluding hydrogens is 612 g/mol. The molecule has 6 aromatic carbocycles. The van der Waals surface area contributed by atoms with Crippen LogP contribution in [0.4, 0.5) is 0 Å². The van der Waals surface area contributed by atoms with E-state index in [2.05, 4.69) is 77.8 Å². The predicted octanol–water partition coefficient (Wildman–Crippen LogP) is 10.1. The lowest BCUT2D eigenvalue weighted by Gasteiger charge is -2.20. The van der Waals surface area contributed by atoms with Crippen molar-refractivity contribution in [2.45, 2.75) is 0 Å². The van der Waals surface area contributed by atoms with Crippen LogP contribution in [-0.2, 0) is 4.57 Å². The summed E-state index contributed by atoms with van der Waals surface area (Å²) in [5.41, 5.74) is 6.31. The molecular formula is C42H27N2OPS. The Bertz CT molecular complexity index is 2610. The molecule has 3 aromatic heterocycles. The molecule has 0 saturated heterocycles. The highest BCUT2D eigenvalue weighted by molar-refractivity contribution is 7.85. The Labute approximate surface area is 276 Å². The van der Waals surface area contributed by atoms with Crippen LogP contribution in [0.5, 0.6) is 0 Å². The molecule has 9 aromatic rings. The minimum atomic E-state index is -3.02. The van der Waals surface area contributed by atoms with Gasteiger partial charge in [0.25, 0.3) is 0 Å². The zero-order valence-corrected chi connectivity index (χ0v) is 27.0. The summed E-state index contributed by atoms with van der Waals surface area (Å²) in [6.07, 6.45) is 3.78. The Kier molecular flexibility index (Phi) is 6.60. The molecule has 0 spiro atoms. The number of aromatic nitrogens is 2. The first kappa shape index (κ1) is 27.9. The summed E-state index contributed by atoms with van der Waals surface area (Å²) in [6.45, 7) is 0. The third kappa shape index (κ3) is 4.68. The molecule has 0 radical (unpaired) electrons. The van der Waals surface area contributed by atoms with Crippen molar-refractivity contribution in [2.75, 3.05) is 0 Å². The molecule has 3 heterocycles. The molecule has 0 aliphatic heterocycles. The lowest BCUT2D eigenvalue weighted by molar-refractivity contribution is 0.592. The van der Waals surface area contributed by atoms with E-state index in [1.807, 2.05) is 103 Å².